The van der Waals surface area contributed by atoms with Crippen molar-refractivity contribution in [1.29, 1.82) is 0 Å². The van der Waals surface area contributed by atoms with Gasteiger partial charge in [0.2, 0.25) is 0 Å². The van der Waals surface area contributed by atoms with Crippen LogP contribution in [0.2, 0.25) is 0 Å². The van der Waals surface area contributed by atoms with Crippen LogP contribution in [0.5, 0.6) is 0 Å². The van der Waals surface area contributed by atoms with Crippen LogP contribution in [0, 0.1) is 0 Å². The average molecular weight is 332 g/mol. The van der Waals surface area contributed by atoms with Gasteiger partial charge in [0.05, 0.1) is 11.9 Å². The zero-order valence-corrected chi connectivity index (χ0v) is 13.1. The molecule has 0 saturated carbocycles. The number of aliphatic carboxylic acids is 1. The molecule has 7 nitrogen and oxygen atoms in total. The van der Waals surface area contributed by atoms with Gasteiger partial charge in [-0.25, -0.2) is 9.48 Å². The number of hydrogen-bond donors (Lipinski definition) is 2. The minimum Gasteiger partial charge on any atom is -0.480 e. The monoisotopic (exact) mass is 332 g/mol. The zero-order chi connectivity index (χ0) is 16.3. The van der Waals surface area contributed by atoms with Crippen molar-refractivity contribution in [3.05, 3.63) is 42.2 Å². The second kappa shape index (κ2) is 6.41. The van der Waals surface area contributed by atoms with E-state index in [0.717, 1.165) is 5.69 Å². The Balaban J connectivity index is 1.78. The summed E-state index contributed by atoms with van der Waals surface area (Å²) in [5.41, 5.74) is -0.326. The highest BCUT2D eigenvalue weighted by molar-refractivity contribution is 7.99. The lowest BCUT2D eigenvalue weighted by Gasteiger charge is -2.33. The van der Waals surface area contributed by atoms with Crippen LogP contribution in [0.25, 0.3) is 5.69 Å². The molecule has 0 aliphatic carbocycles. The minimum atomic E-state index is -1.21. The molecular weight excluding hydrogens is 316 g/mol. The van der Waals surface area contributed by atoms with Crippen LogP contribution in [0.4, 0.5) is 0 Å². The van der Waals surface area contributed by atoms with Crippen molar-refractivity contribution in [3.8, 4) is 5.69 Å². The number of nitrogens with zero attached hydrogens (tertiary/aromatic N) is 3. The minimum absolute atomic E-state index is 0.104. The van der Waals surface area contributed by atoms with Gasteiger partial charge in [0.15, 0.2) is 5.69 Å². The molecule has 1 aliphatic rings. The van der Waals surface area contributed by atoms with E-state index in [1.807, 2.05) is 30.3 Å². The Kier molecular flexibility index (Phi) is 4.33. The molecule has 1 amide bonds. The first kappa shape index (κ1) is 15.5. The Bertz CT molecular complexity index is 711. The Morgan fingerprint density at radius 2 is 1.91 bits per heavy atom. The van der Waals surface area contributed by atoms with Crippen molar-refractivity contribution in [1.82, 2.24) is 20.3 Å². The lowest BCUT2D eigenvalue weighted by molar-refractivity contribution is -0.144. The number of carbonyl (C=O) groups excluding carboxylic acids is 1. The summed E-state index contributed by atoms with van der Waals surface area (Å²) in [6.07, 6.45) is 2.31. The van der Waals surface area contributed by atoms with Gasteiger partial charge in [0.1, 0.15) is 5.54 Å². The topological polar surface area (TPSA) is 97.1 Å². The number of nitrogens with one attached hydrogen (secondary N) is 1. The van der Waals surface area contributed by atoms with Gasteiger partial charge in [-0.15, -0.1) is 5.10 Å². The third kappa shape index (κ3) is 3.21. The maximum atomic E-state index is 12.4. The van der Waals surface area contributed by atoms with E-state index in [1.165, 1.54) is 10.9 Å². The number of carbonyl (C=O) groups is 2. The van der Waals surface area contributed by atoms with Gasteiger partial charge >= 0.3 is 5.97 Å². The summed E-state index contributed by atoms with van der Waals surface area (Å²) in [5, 5.41) is 19.9. The standard InChI is InChI=1S/C15H16N4O3S/c20-13(16-15(14(21)22)6-8-23-9-7-15)12-10-19(18-17-12)11-4-2-1-3-5-11/h1-5,10H,6-9H2,(H,16,20)(H,21,22). The maximum Gasteiger partial charge on any atom is 0.329 e. The van der Waals surface area contributed by atoms with E-state index in [9.17, 15) is 14.7 Å². The highest BCUT2D eigenvalue weighted by Gasteiger charge is 2.41. The van der Waals surface area contributed by atoms with E-state index < -0.39 is 17.4 Å². The first-order valence-electron chi connectivity index (χ1n) is 7.22. The normalized spacial score (nSPS) is 16.7. The second-order valence-corrected chi connectivity index (χ2v) is 6.56. The quantitative estimate of drug-likeness (QED) is 0.877. The molecule has 1 saturated heterocycles. The number of thioether (sulfide) groups is 1. The Morgan fingerprint density at radius 3 is 2.57 bits per heavy atom. The van der Waals surface area contributed by atoms with Gasteiger partial charge in [-0.1, -0.05) is 23.4 Å². The molecule has 3 rings (SSSR count). The third-order valence-electron chi connectivity index (χ3n) is 3.86. The molecule has 2 aromatic rings. The van der Waals surface area contributed by atoms with E-state index in [1.54, 1.807) is 11.8 Å². The van der Waals surface area contributed by atoms with Crippen LogP contribution in [0.3, 0.4) is 0 Å². The fourth-order valence-electron chi connectivity index (χ4n) is 2.47. The smallest absolute Gasteiger partial charge is 0.329 e. The molecule has 2 N–H and O–H groups in total. The summed E-state index contributed by atoms with van der Waals surface area (Å²) in [5.74, 6) is -0.0878. The summed E-state index contributed by atoms with van der Waals surface area (Å²) < 4.78 is 1.49. The molecule has 8 heteroatoms. The summed E-state index contributed by atoms with van der Waals surface area (Å²) >= 11 is 1.69. The van der Waals surface area contributed by atoms with Crippen molar-refractivity contribution in [2.24, 2.45) is 0 Å². The first-order chi connectivity index (χ1) is 11.1. The molecule has 1 fully saturated rings. The number of hydrogen-bond acceptors (Lipinski definition) is 5. The number of rotatable bonds is 4. The maximum absolute atomic E-state index is 12.4. The van der Waals surface area contributed by atoms with E-state index in [4.69, 9.17) is 0 Å². The van der Waals surface area contributed by atoms with E-state index in [2.05, 4.69) is 15.6 Å². The lowest BCUT2D eigenvalue weighted by Crippen LogP contribution is -2.56. The number of para-hydroxylation sites is 1. The fraction of sp³-hybridized carbons (Fsp3) is 0.333. The fourth-order valence-corrected chi connectivity index (χ4v) is 3.66. The van der Waals surface area contributed by atoms with Crippen LogP contribution in [0.1, 0.15) is 23.3 Å². The molecule has 2 heterocycles. The predicted molar refractivity (Wildman–Crippen MR) is 85.8 cm³/mol. The molecule has 1 aromatic heterocycles. The van der Waals surface area contributed by atoms with Crippen LogP contribution in [0.15, 0.2) is 36.5 Å². The van der Waals surface area contributed by atoms with Crippen molar-refractivity contribution >= 4 is 23.6 Å². The molecule has 120 valence electrons. The van der Waals surface area contributed by atoms with Gasteiger partial charge in [-0.05, 0) is 36.5 Å². The number of amides is 1. The van der Waals surface area contributed by atoms with Gasteiger partial charge in [0, 0.05) is 0 Å². The Hall–Kier alpha value is -2.35. The van der Waals surface area contributed by atoms with Crippen LogP contribution in [-0.2, 0) is 4.79 Å². The van der Waals surface area contributed by atoms with E-state index in [0.29, 0.717) is 24.3 Å². The highest BCUT2D eigenvalue weighted by Crippen LogP contribution is 2.27. The summed E-state index contributed by atoms with van der Waals surface area (Å²) in [6.45, 7) is 0. The molecular formula is C15H16N4O3S. The zero-order valence-electron chi connectivity index (χ0n) is 12.3. The number of benzene rings is 1. The van der Waals surface area contributed by atoms with Gasteiger partial charge in [-0.2, -0.15) is 11.8 Å². The second-order valence-electron chi connectivity index (χ2n) is 5.34. The van der Waals surface area contributed by atoms with Crippen molar-refractivity contribution in [3.63, 3.8) is 0 Å². The molecule has 0 atom stereocenters. The predicted octanol–water partition coefficient (Wildman–Crippen LogP) is 1.35. The molecule has 1 aromatic carbocycles. The lowest BCUT2D eigenvalue weighted by atomic mass is 9.92. The summed E-state index contributed by atoms with van der Waals surface area (Å²) in [7, 11) is 0. The summed E-state index contributed by atoms with van der Waals surface area (Å²) in [6, 6.07) is 9.28. The average Bonchev–Trinajstić information content (AvgIpc) is 3.06. The van der Waals surface area contributed by atoms with Crippen molar-refractivity contribution < 1.29 is 14.7 Å². The van der Waals surface area contributed by atoms with Gasteiger partial charge in [0.25, 0.3) is 5.91 Å². The van der Waals surface area contributed by atoms with E-state index in [-0.39, 0.29) is 5.69 Å². The van der Waals surface area contributed by atoms with Crippen LogP contribution in [-0.4, -0.2) is 49.0 Å². The van der Waals surface area contributed by atoms with Crippen molar-refractivity contribution in [2.75, 3.05) is 11.5 Å². The SMILES string of the molecule is O=C(NC1(C(=O)O)CCSCC1)c1cn(-c2ccccc2)nn1. The molecule has 23 heavy (non-hydrogen) atoms. The highest BCUT2D eigenvalue weighted by atomic mass is 32.2. The molecule has 0 bridgehead atoms. The van der Waals surface area contributed by atoms with Gasteiger partial charge in [-0.3, -0.25) is 4.79 Å². The molecule has 1 aliphatic heterocycles. The molecule has 0 spiro atoms. The van der Waals surface area contributed by atoms with Crippen molar-refractivity contribution in [2.45, 2.75) is 18.4 Å². The largest absolute Gasteiger partial charge is 0.480 e. The number of carboxylic acid groups (broad SMARTS) is 1. The molecule has 0 radical (unpaired) electrons. The third-order valence-corrected chi connectivity index (χ3v) is 4.84. The number of carboxylic acids is 1. The number of aromatic nitrogens is 3. The Labute approximate surface area is 137 Å². The molecule has 0 unspecified atom stereocenters. The van der Waals surface area contributed by atoms with Crippen LogP contribution < -0.4 is 5.32 Å². The first-order valence-corrected chi connectivity index (χ1v) is 8.38. The summed E-state index contributed by atoms with van der Waals surface area (Å²) in [4.78, 5) is 24.0. The Morgan fingerprint density at radius 1 is 1.22 bits per heavy atom. The van der Waals surface area contributed by atoms with E-state index >= 15 is 0 Å². The van der Waals surface area contributed by atoms with Crippen LogP contribution >= 0.6 is 11.8 Å². The van der Waals surface area contributed by atoms with Gasteiger partial charge < -0.3 is 10.4 Å².